The van der Waals surface area contributed by atoms with E-state index in [9.17, 15) is 0 Å². The predicted molar refractivity (Wildman–Crippen MR) is 74.9 cm³/mol. The van der Waals surface area contributed by atoms with Crippen molar-refractivity contribution >= 4 is 0 Å². The van der Waals surface area contributed by atoms with Gasteiger partial charge in [0.05, 0.1) is 0 Å². The molecule has 0 aromatic carbocycles. The maximum Gasteiger partial charge on any atom is 0.000955 e. The molecule has 1 heteroatoms. The van der Waals surface area contributed by atoms with Crippen molar-refractivity contribution < 1.29 is 0 Å². The predicted octanol–water partition coefficient (Wildman–Crippen LogP) is 4.71. The Balaban J connectivity index is 3.90. The highest BCUT2D eigenvalue weighted by Gasteiger charge is 2.11. The van der Waals surface area contributed by atoms with Crippen LogP contribution in [-0.2, 0) is 0 Å². The molecule has 0 heterocycles. The van der Waals surface area contributed by atoms with E-state index in [0.29, 0.717) is 0 Å². The Morgan fingerprint density at radius 3 is 2.00 bits per heavy atom. The van der Waals surface area contributed by atoms with Crippen molar-refractivity contribution in [2.24, 2.45) is 5.92 Å². The van der Waals surface area contributed by atoms with Gasteiger partial charge in [-0.3, -0.25) is 0 Å². The fraction of sp³-hybridized carbons (Fsp3) is 1.00. The quantitative estimate of drug-likeness (QED) is 0.494. The molecule has 0 saturated heterocycles. The second-order valence-corrected chi connectivity index (χ2v) is 5.07. The first-order valence-electron chi connectivity index (χ1n) is 7.50. The lowest BCUT2D eigenvalue weighted by atomic mass is 9.98. The molecule has 0 spiro atoms. The third-order valence-corrected chi connectivity index (χ3v) is 3.43. The highest BCUT2D eigenvalue weighted by atomic mass is 15.1. The molecule has 0 amide bonds. The van der Waals surface area contributed by atoms with Crippen LogP contribution in [0.1, 0.15) is 72.6 Å². The Hall–Kier alpha value is -0.0400. The van der Waals surface area contributed by atoms with Gasteiger partial charge < -0.3 is 4.90 Å². The highest BCUT2D eigenvalue weighted by Crippen LogP contribution is 2.15. The monoisotopic (exact) mass is 227 g/mol. The van der Waals surface area contributed by atoms with Crippen molar-refractivity contribution in [3.63, 3.8) is 0 Å². The van der Waals surface area contributed by atoms with Crippen LogP contribution < -0.4 is 0 Å². The smallest absolute Gasteiger partial charge is 0.000955 e. The molecule has 1 atom stereocenters. The van der Waals surface area contributed by atoms with Gasteiger partial charge in [-0.2, -0.15) is 0 Å². The maximum atomic E-state index is 2.69. The van der Waals surface area contributed by atoms with E-state index < -0.39 is 0 Å². The van der Waals surface area contributed by atoms with E-state index in [1.54, 1.807) is 0 Å². The molecule has 0 N–H and O–H groups in total. The number of unbranched alkanes of at least 4 members (excludes halogenated alkanes) is 2. The van der Waals surface area contributed by atoms with Gasteiger partial charge in [0.1, 0.15) is 0 Å². The lowest BCUT2D eigenvalue weighted by Crippen LogP contribution is -2.31. The molecule has 0 aromatic rings. The summed E-state index contributed by atoms with van der Waals surface area (Å²) in [5, 5.41) is 0. The standard InChI is InChI=1S/C15H33N/c1-5-9-11-15(8-4)14-16(12-7-3)13-10-6-2/h15H,5-14H2,1-4H3. The molecule has 0 saturated carbocycles. The van der Waals surface area contributed by atoms with Crippen molar-refractivity contribution in [3.05, 3.63) is 0 Å². The van der Waals surface area contributed by atoms with Crippen LogP contribution in [-0.4, -0.2) is 24.5 Å². The van der Waals surface area contributed by atoms with E-state index in [1.807, 2.05) is 0 Å². The summed E-state index contributed by atoms with van der Waals surface area (Å²) in [4.78, 5) is 2.69. The Kier molecular flexibility index (Phi) is 11.4. The average molecular weight is 227 g/mol. The molecular formula is C15H33N. The maximum absolute atomic E-state index is 2.69. The second-order valence-electron chi connectivity index (χ2n) is 5.07. The molecule has 1 nitrogen and oxygen atoms in total. The van der Waals surface area contributed by atoms with Gasteiger partial charge >= 0.3 is 0 Å². The highest BCUT2D eigenvalue weighted by molar-refractivity contribution is 4.65. The molecule has 0 rings (SSSR count). The summed E-state index contributed by atoms with van der Waals surface area (Å²) in [6, 6.07) is 0. The third kappa shape index (κ3) is 8.15. The zero-order valence-electron chi connectivity index (χ0n) is 12.1. The average Bonchev–Trinajstić information content (AvgIpc) is 2.31. The molecule has 1 unspecified atom stereocenters. The van der Waals surface area contributed by atoms with Crippen molar-refractivity contribution in [2.45, 2.75) is 72.6 Å². The van der Waals surface area contributed by atoms with Gasteiger partial charge in [-0.15, -0.1) is 0 Å². The van der Waals surface area contributed by atoms with E-state index in [2.05, 4.69) is 32.6 Å². The summed E-state index contributed by atoms with van der Waals surface area (Å²) in [6.45, 7) is 13.2. The Morgan fingerprint density at radius 1 is 0.812 bits per heavy atom. The number of rotatable bonds is 11. The minimum atomic E-state index is 0.934. The van der Waals surface area contributed by atoms with E-state index in [4.69, 9.17) is 0 Å². The SMILES string of the molecule is CCCCC(CC)CN(CCC)CCCC. The largest absolute Gasteiger partial charge is 0.303 e. The van der Waals surface area contributed by atoms with E-state index >= 15 is 0 Å². The fourth-order valence-electron chi connectivity index (χ4n) is 2.27. The molecule has 0 fully saturated rings. The Morgan fingerprint density at radius 2 is 1.50 bits per heavy atom. The van der Waals surface area contributed by atoms with Crippen molar-refractivity contribution in [1.82, 2.24) is 4.90 Å². The van der Waals surface area contributed by atoms with Crippen LogP contribution in [0.25, 0.3) is 0 Å². The molecule has 0 aliphatic rings. The molecule has 0 bridgehead atoms. The van der Waals surface area contributed by atoms with Crippen molar-refractivity contribution in [2.75, 3.05) is 19.6 Å². The molecule has 16 heavy (non-hydrogen) atoms. The zero-order valence-corrected chi connectivity index (χ0v) is 12.1. The lowest BCUT2D eigenvalue weighted by molar-refractivity contribution is 0.216. The Labute approximate surface area is 104 Å². The van der Waals surface area contributed by atoms with Gasteiger partial charge in [-0.25, -0.2) is 0 Å². The van der Waals surface area contributed by atoms with Crippen LogP contribution in [0.4, 0.5) is 0 Å². The normalized spacial score (nSPS) is 13.3. The Bertz CT molecular complexity index is 133. The van der Waals surface area contributed by atoms with Crippen LogP contribution in [0.3, 0.4) is 0 Å². The van der Waals surface area contributed by atoms with Gasteiger partial charge in [-0.1, -0.05) is 53.4 Å². The number of hydrogen-bond donors (Lipinski definition) is 0. The fourth-order valence-corrected chi connectivity index (χ4v) is 2.27. The zero-order chi connectivity index (χ0) is 12.2. The second kappa shape index (κ2) is 11.4. The first-order valence-corrected chi connectivity index (χ1v) is 7.50. The summed E-state index contributed by atoms with van der Waals surface area (Å²) < 4.78 is 0. The van der Waals surface area contributed by atoms with Gasteiger partial charge in [0, 0.05) is 6.54 Å². The third-order valence-electron chi connectivity index (χ3n) is 3.43. The summed E-state index contributed by atoms with van der Waals surface area (Å²) in [5.41, 5.74) is 0. The summed E-state index contributed by atoms with van der Waals surface area (Å²) >= 11 is 0. The van der Waals surface area contributed by atoms with E-state index in [-0.39, 0.29) is 0 Å². The molecular weight excluding hydrogens is 194 g/mol. The molecule has 0 aromatic heterocycles. The minimum Gasteiger partial charge on any atom is -0.303 e. The molecule has 0 radical (unpaired) electrons. The van der Waals surface area contributed by atoms with Crippen LogP contribution in [0, 0.1) is 5.92 Å². The minimum absolute atomic E-state index is 0.934. The van der Waals surface area contributed by atoms with Crippen molar-refractivity contribution in [3.8, 4) is 0 Å². The van der Waals surface area contributed by atoms with Crippen LogP contribution in [0.5, 0.6) is 0 Å². The number of nitrogens with zero attached hydrogens (tertiary/aromatic N) is 1. The van der Waals surface area contributed by atoms with Crippen LogP contribution in [0.2, 0.25) is 0 Å². The topological polar surface area (TPSA) is 3.24 Å². The lowest BCUT2D eigenvalue weighted by Gasteiger charge is -2.26. The first kappa shape index (κ1) is 16.0. The summed E-state index contributed by atoms with van der Waals surface area (Å²) in [6.07, 6.45) is 9.53. The van der Waals surface area contributed by atoms with Gasteiger partial charge in [0.25, 0.3) is 0 Å². The summed E-state index contributed by atoms with van der Waals surface area (Å²) in [7, 11) is 0. The number of hydrogen-bond acceptors (Lipinski definition) is 1. The van der Waals surface area contributed by atoms with Gasteiger partial charge in [0.2, 0.25) is 0 Å². The molecule has 0 aliphatic heterocycles. The van der Waals surface area contributed by atoms with Crippen molar-refractivity contribution in [1.29, 1.82) is 0 Å². The van der Waals surface area contributed by atoms with E-state index in [0.717, 1.165) is 5.92 Å². The molecule has 0 aliphatic carbocycles. The molecule has 98 valence electrons. The van der Waals surface area contributed by atoms with Crippen LogP contribution in [0.15, 0.2) is 0 Å². The van der Waals surface area contributed by atoms with Gasteiger partial charge in [0.15, 0.2) is 0 Å². The van der Waals surface area contributed by atoms with Gasteiger partial charge in [-0.05, 0) is 38.3 Å². The summed E-state index contributed by atoms with van der Waals surface area (Å²) in [5.74, 6) is 0.934. The van der Waals surface area contributed by atoms with E-state index in [1.165, 1.54) is 64.6 Å². The first-order chi connectivity index (χ1) is 7.78. The van der Waals surface area contributed by atoms with Crippen LogP contribution >= 0.6 is 0 Å².